The second-order valence-corrected chi connectivity index (χ2v) is 5.35. The molecule has 18 heavy (non-hydrogen) atoms. The molecule has 5 heteroatoms. The van der Waals surface area contributed by atoms with Gasteiger partial charge in [0, 0.05) is 12.1 Å². The van der Waals surface area contributed by atoms with Crippen molar-refractivity contribution in [3.63, 3.8) is 0 Å². The van der Waals surface area contributed by atoms with Crippen molar-refractivity contribution in [1.82, 2.24) is 9.97 Å². The molecule has 1 aromatic rings. The molecule has 0 spiro atoms. The Bertz CT molecular complexity index is 406. The summed E-state index contributed by atoms with van der Waals surface area (Å²) in [7, 11) is 0. The zero-order chi connectivity index (χ0) is 13.1. The molecule has 0 aliphatic heterocycles. The monoisotopic (exact) mass is 249 g/mol. The van der Waals surface area contributed by atoms with Crippen LogP contribution < -0.4 is 16.6 Å². The average Bonchev–Trinajstić information content (AvgIpc) is 2.34. The fourth-order valence-electron chi connectivity index (χ4n) is 2.69. The number of nitrogens with zero attached hydrogens (tertiary/aromatic N) is 2. The summed E-state index contributed by atoms with van der Waals surface area (Å²) in [5.41, 5.74) is 2.57. The molecule has 5 nitrogen and oxygen atoms in total. The van der Waals surface area contributed by atoms with Crippen LogP contribution in [0.3, 0.4) is 0 Å². The number of anilines is 2. The van der Waals surface area contributed by atoms with E-state index in [0.717, 1.165) is 17.6 Å². The van der Waals surface area contributed by atoms with Gasteiger partial charge in [-0.2, -0.15) is 0 Å². The van der Waals surface area contributed by atoms with Crippen LogP contribution in [0.4, 0.5) is 11.6 Å². The molecular formula is C13H23N5. The fraction of sp³-hybridized carbons (Fsp3) is 0.692. The highest BCUT2D eigenvalue weighted by Gasteiger charge is 2.27. The van der Waals surface area contributed by atoms with Crippen molar-refractivity contribution in [3.05, 3.63) is 11.9 Å². The van der Waals surface area contributed by atoms with E-state index in [0.29, 0.717) is 17.8 Å². The molecule has 1 saturated carbocycles. The lowest BCUT2D eigenvalue weighted by Crippen LogP contribution is -2.35. The summed E-state index contributed by atoms with van der Waals surface area (Å²) < 4.78 is 0. The van der Waals surface area contributed by atoms with E-state index in [4.69, 9.17) is 5.84 Å². The van der Waals surface area contributed by atoms with Crippen molar-refractivity contribution < 1.29 is 0 Å². The van der Waals surface area contributed by atoms with Crippen molar-refractivity contribution in [1.29, 1.82) is 0 Å². The molecule has 1 heterocycles. The maximum absolute atomic E-state index is 5.40. The van der Waals surface area contributed by atoms with Gasteiger partial charge in [-0.3, -0.25) is 0 Å². The maximum atomic E-state index is 5.40. The number of hydrazine groups is 1. The number of rotatable bonds is 3. The van der Waals surface area contributed by atoms with Crippen LogP contribution in [-0.2, 0) is 0 Å². The zero-order valence-electron chi connectivity index (χ0n) is 11.4. The Kier molecular flexibility index (Phi) is 4.01. The summed E-state index contributed by atoms with van der Waals surface area (Å²) in [5, 5.41) is 3.53. The third kappa shape index (κ3) is 2.90. The quantitative estimate of drug-likeness (QED) is 0.566. The average molecular weight is 249 g/mol. The van der Waals surface area contributed by atoms with Crippen LogP contribution in [0, 0.1) is 18.8 Å². The Balaban J connectivity index is 2.10. The van der Waals surface area contributed by atoms with Gasteiger partial charge in [0.15, 0.2) is 0 Å². The zero-order valence-corrected chi connectivity index (χ0v) is 11.4. The van der Waals surface area contributed by atoms with Crippen LogP contribution in [0.5, 0.6) is 0 Å². The number of nitrogens with one attached hydrogen (secondary N) is 2. The van der Waals surface area contributed by atoms with Crippen LogP contribution in [0.1, 0.15) is 38.9 Å². The minimum absolute atomic E-state index is 0.494. The van der Waals surface area contributed by atoms with Gasteiger partial charge in [0.2, 0.25) is 0 Å². The molecule has 1 aromatic heterocycles. The minimum Gasteiger partial charge on any atom is -0.367 e. The maximum Gasteiger partial charge on any atom is 0.145 e. The number of aromatic nitrogens is 2. The SMILES string of the molecule is Cc1nc(NN)cc(NC2CCCC(C)C2C)n1. The second kappa shape index (κ2) is 5.52. The van der Waals surface area contributed by atoms with E-state index in [2.05, 4.69) is 34.6 Å². The summed E-state index contributed by atoms with van der Waals surface area (Å²) in [6.07, 6.45) is 3.83. The van der Waals surface area contributed by atoms with E-state index in [1.54, 1.807) is 0 Å². The molecule has 1 aliphatic carbocycles. The summed E-state index contributed by atoms with van der Waals surface area (Å²) >= 11 is 0. The molecule has 0 aromatic carbocycles. The molecule has 100 valence electrons. The Labute approximate surface area is 109 Å². The van der Waals surface area contributed by atoms with Gasteiger partial charge in [-0.1, -0.05) is 26.7 Å². The van der Waals surface area contributed by atoms with Crippen molar-refractivity contribution in [2.24, 2.45) is 17.7 Å². The molecule has 3 atom stereocenters. The van der Waals surface area contributed by atoms with Crippen LogP contribution >= 0.6 is 0 Å². The van der Waals surface area contributed by atoms with Crippen LogP contribution in [0.15, 0.2) is 6.07 Å². The molecule has 1 fully saturated rings. The molecular weight excluding hydrogens is 226 g/mol. The summed E-state index contributed by atoms with van der Waals surface area (Å²) in [6, 6.07) is 2.35. The Morgan fingerprint density at radius 2 is 1.94 bits per heavy atom. The van der Waals surface area contributed by atoms with E-state index in [-0.39, 0.29) is 0 Å². The Hall–Kier alpha value is -1.36. The van der Waals surface area contributed by atoms with Crippen LogP contribution in [0.2, 0.25) is 0 Å². The van der Waals surface area contributed by atoms with Gasteiger partial charge >= 0.3 is 0 Å². The van der Waals surface area contributed by atoms with Crippen molar-refractivity contribution in [3.8, 4) is 0 Å². The minimum atomic E-state index is 0.494. The van der Waals surface area contributed by atoms with Gasteiger partial charge in [-0.05, 0) is 25.2 Å². The topological polar surface area (TPSA) is 75.9 Å². The summed E-state index contributed by atoms with van der Waals surface area (Å²) in [5.74, 6) is 9.08. The van der Waals surface area contributed by atoms with Gasteiger partial charge in [0.05, 0.1) is 0 Å². The number of aryl methyl sites for hydroxylation is 1. The largest absolute Gasteiger partial charge is 0.367 e. The molecule has 0 radical (unpaired) electrons. The number of nitrogens with two attached hydrogens (primary N) is 1. The molecule has 4 N–H and O–H groups in total. The van der Waals surface area contributed by atoms with Crippen molar-refractivity contribution >= 4 is 11.6 Å². The van der Waals surface area contributed by atoms with Gasteiger partial charge < -0.3 is 10.7 Å². The lowest BCUT2D eigenvalue weighted by molar-refractivity contribution is 0.253. The first-order chi connectivity index (χ1) is 8.60. The van der Waals surface area contributed by atoms with Gasteiger partial charge in [0.25, 0.3) is 0 Å². The van der Waals surface area contributed by atoms with Crippen molar-refractivity contribution in [2.75, 3.05) is 10.7 Å². The van der Waals surface area contributed by atoms with Crippen molar-refractivity contribution in [2.45, 2.75) is 46.1 Å². The van der Waals surface area contributed by atoms with Crippen LogP contribution in [-0.4, -0.2) is 16.0 Å². The lowest BCUT2D eigenvalue weighted by atomic mass is 9.78. The smallest absolute Gasteiger partial charge is 0.145 e. The highest BCUT2D eigenvalue weighted by molar-refractivity contribution is 5.47. The normalized spacial score (nSPS) is 27.9. The second-order valence-electron chi connectivity index (χ2n) is 5.35. The predicted molar refractivity (Wildman–Crippen MR) is 74.2 cm³/mol. The fourth-order valence-corrected chi connectivity index (χ4v) is 2.69. The third-order valence-corrected chi connectivity index (χ3v) is 4.03. The van der Waals surface area contributed by atoms with E-state index >= 15 is 0 Å². The Morgan fingerprint density at radius 3 is 2.67 bits per heavy atom. The predicted octanol–water partition coefficient (Wildman–Crippen LogP) is 2.31. The summed E-state index contributed by atoms with van der Waals surface area (Å²) in [4.78, 5) is 8.61. The van der Waals surface area contributed by atoms with Gasteiger partial charge in [-0.15, -0.1) is 0 Å². The van der Waals surface area contributed by atoms with Gasteiger partial charge in [-0.25, -0.2) is 15.8 Å². The molecule has 3 unspecified atom stereocenters. The van der Waals surface area contributed by atoms with Gasteiger partial charge in [0.1, 0.15) is 17.5 Å². The summed E-state index contributed by atoms with van der Waals surface area (Å²) in [6.45, 7) is 6.52. The standard InChI is InChI=1S/C13H23N5/c1-8-5-4-6-11(9(8)2)17-12-7-13(18-14)16-10(3)15-12/h7-9,11H,4-6,14H2,1-3H3,(H2,15,16,17,18). The number of hydrogen-bond acceptors (Lipinski definition) is 5. The number of nitrogen functional groups attached to an aromatic ring is 1. The molecule has 2 rings (SSSR count). The van der Waals surface area contributed by atoms with E-state index in [9.17, 15) is 0 Å². The Morgan fingerprint density at radius 1 is 1.22 bits per heavy atom. The molecule has 0 bridgehead atoms. The molecule has 1 aliphatic rings. The van der Waals surface area contributed by atoms with E-state index in [1.807, 2.05) is 13.0 Å². The lowest BCUT2D eigenvalue weighted by Gasteiger charge is -2.35. The first kappa shape index (κ1) is 13.1. The van der Waals surface area contributed by atoms with Crippen LogP contribution in [0.25, 0.3) is 0 Å². The van der Waals surface area contributed by atoms with E-state index in [1.165, 1.54) is 19.3 Å². The first-order valence-electron chi connectivity index (χ1n) is 6.69. The molecule has 0 saturated heterocycles. The highest BCUT2D eigenvalue weighted by atomic mass is 15.3. The highest BCUT2D eigenvalue weighted by Crippen LogP contribution is 2.31. The number of hydrogen-bond donors (Lipinski definition) is 3. The first-order valence-corrected chi connectivity index (χ1v) is 6.69. The van der Waals surface area contributed by atoms with E-state index < -0.39 is 0 Å². The third-order valence-electron chi connectivity index (χ3n) is 4.03. The molecule has 0 amide bonds.